The Balaban J connectivity index is 4.15. The summed E-state index contributed by atoms with van der Waals surface area (Å²) < 4.78 is 0. The van der Waals surface area contributed by atoms with Gasteiger partial charge in [0.25, 0.3) is 0 Å². The van der Waals surface area contributed by atoms with Crippen molar-refractivity contribution < 1.29 is 15.3 Å². The van der Waals surface area contributed by atoms with E-state index in [1.165, 1.54) is 0 Å². The highest BCUT2D eigenvalue weighted by Gasteiger charge is 2.15. The van der Waals surface area contributed by atoms with E-state index in [1.807, 2.05) is 20.8 Å². The summed E-state index contributed by atoms with van der Waals surface area (Å²) in [5, 5.41) is 27.1. The van der Waals surface area contributed by atoms with Crippen LogP contribution >= 0.6 is 0 Å². The summed E-state index contributed by atoms with van der Waals surface area (Å²) in [5.74, 6) is 0.699. The van der Waals surface area contributed by atoms with E-state index in [0.717, 1.165) is 19.6 Å². The highest BCUT2D eigenvalue weighted by atomic mass is 16.3. The number of hydrogen-bond donors (Lipinski definition) is 3. The molecule has 0 aromatic carbocycles. The van der Waals surface area contributed by atoms with Crippen LogP contribution in [0.3, 0.4) is 0 Å². The molecule has 3 unspecified atom stereocenters. The number of nitrogens with zero attached hydrogens (tertiary/aromatic N) is 1. The maximum atomic E-state index is 9.04. The third kappa shape index (κ3) is 7.17. The highest BCUT2D eigenvalue weighted by Crippen LogP contribution is 2.07. The Kier molecular flexibility index (Phi) is 8.84. The first-order valence-corrected chi connectivity index (χ1v) is 6.08. The van der Waals surface area contributed by atoms with E-state index in [2.05, 4.69) is 4.90 Å². The number of hydrogen-bond acceptors (Lipinski definition) is 4. The van der Waals surface area contributed by atoms with Crippen LogP contribution in [0, 0.1) is 17.8 Å². The van der Waals surface area contributed by atoms with Crippen LogP contribution in [0.1, 0.15) is 20.8 Å². The minimum absolute atomic E-state index is 0.178. The zero-order chi connectivity index (χ0) is 12.6. The second kappa shape index (κ2) is 8.93. The molecule has 0 aliphatic carbocycles. The van der Waals surface area contributed by atoms with Gasteiger partial charge in [-0.2, -0.15) is 0 Å². The average Bonchev–Trinajstić information content (AvgIpc) is 2.28. The molecule has 0 saturated heterocycles. The first kappa shape index (κ1) is 15.8. The summed E-state index contributed by atoms with van der Waals surface area (Å²) in [7, 11) is 0. The Morgan fingerprint density at radius 2 is 0.938 bits per heavy atom. The van der Waals surface area contributed by atoms with Crippen molar-refractivity contribution in [3.63, 3.8) is 0 Å². The molecule has 0 aliphatic rings. The van der Waals surface area contributed by atoms with Crippen molar-refractivity contribution in [1.82, 2.24) is 4.90 Å². The van der Waals surface area contributed by atoms with Crippen LogP contribution in [0.15, 0.2) is 0 Å². The Hall–Kier alpha value is -0.160. The van der Waals surface area contributed by atoms with E-state index in [-0.39, 0.29) is 37.6 Å². The molecule has 0 amide bonds. The van der Waals surface area contributed by atoms with E-state index < -0.39 is 0 Å². The summed E-state index contributed by atoms with van der Waals surface area (Å²) in [5.41, 5.74) is 0. The molecule has 3 atom stereocenters. The molecule has 0 aromatic rings. The van der Waals surface area contributed by atoms with Crippen LogP contribution in [-0.2, 0) is 0 Å². The molecule has 0 aromatic heterocycles. The second-order valence-corrected chi connectivity index (χ2v) is 5.08. The maximum Gasteiger partial charge on any atom is 0.0468 e. The first-order chi connectivity index (χ1) is 7.53. The Bertz CT molecular complexity index is 138. The summed E-state index contributed by atoms with van der Waals surface area (Å²) in [4.78, 5) is 2.21. The van der Waals surface area contributed by atoms with E-state index in [0.29, 0.717) is 0 Å². The van der Waals surface area contributed by atoms with Crippen LogP contribution in [0.2, 0.25) is 0 Å². The minimum atomic E-state index is 0.178. The van der Waals surface area contributed by atoms with Gasteiger partial charge in [-0.15, -0.1) is 0 Å². The fraction of sp³-hybridized carbons (Fsp3) is 1.00. The van der Waals surface area contributed by atoms with E-state index in [1.54, 1.807) is 0 Å². The predicted molar refractivity (Wildman–Crippen MR) is 65.2 cm³/mol. The highest BCUT2D eigenvalue weighted by molar-refractivity contribution is 4.68. The van der Waals surface area contributed by atoms with Gasteiger partial charge >= 0.3 is 0 Å². The monoisotopic (exact) mass is 233 g/mol. The van der Waals surface area contributed by atoms with Gasteiger partial charge < -0.3 is 20.2 Å². The van der Waals surface area contributed by atoms with Crippen LogP contribution in [0.25, 0.3) is 0 Å². The molecule has 16 heavy (non-hydrogen) atoms. The number of aliphatic hydroxyl groups is 3. The molecule has 0 rings (SSSR count). The van der Waals surface area contributed by atoms with E-state index >= 15 is 0 Å². The Labute approximate surface area is 98.9 Å². The molecule has 3 N–H and O–H groups in total. The molecular formula is C12H27NO3. The summed E-state index contributed by atoms with van der Waals surface area (Å²) in [6.45, 7) is 8.97. The van der Waals surface area contributed by atoms with Gasteiger partial charge in [-0.05, 0) is 17.8 Å². The molecule has 0 heterocycles. The molecule has 0 saturated carbocycles. The van der Waals surface area contributed by atoms with Gasteiger partial charge in [0.1, 0.15) is 0 Å². The smallest absolute Gasteiger partial charge is 0.0468 e. The molecule has 98 valence electrons. The molecule has 0 radical (unpaired) electrons. The number of rotatable bonds is 9. The predicted octanol–water partition coefficient (Wildman–Crippen LogP) is 0.174. The lowest BCUT2D eigenvalue weighted by atomic mass is 10.1. The number of aliphatic hydroxyl groups excluding tert-OH is 3. The van der Waals surface area contributed by atoms with Crippen molar-refractivity contribution in [3.8, 4) is 0 Å². The fourth-order valence-corrected chi connectivity index (χ4v) is 1.72. The van der Waals surface area contributed by atoms with Crippen LogP contribution in [0.4, 0.5) is 0 Å². The molecule has 0 spiro atoms. The van der Waals surface area contributed by atoms with Gasteiger partial charge in [-0.1, -0.05) is 20.8 Å². The van der Waals surface area contributed by atoms with Crippen LogP contribution < -0.4 is 0 Å². The van der Waals surface area contributed by atoms with Gasteiger partial charge in [0.15, 0.2) is 0 Å². The van der Waals surface area contributed by atoms with Gasteiger partial charge in [0.2, 0.25) is 0 Å². The lowest BCUT2D eigenvalue weighted by Gasteiger charge is -2.29. The molecule has 0 fully saturated rings. The molecular weight excluding hydrogens is 206 g/mol. The topological polar surface area (TPSA) is 63.9 Å². The van der Waals surface area contributed by atoms with Crippen molar-refractivity contribution >= 4 is 0 Å². The van der Waals surface area contributed by atoms with Gasteiger partial charge in [0, 0.05) is 39.5 Å². The van der Waals surface area contributed by atoms with Crippen LogP contribution in [-0.4, -0.2) is 59.7 Å². The fourth-order valence-electron chi connectivity index (χ4n) is 1.72. The Morgan fingerprint density at radius 3 is 1.12 bits per heavy atom. The largest absolute Gasteiger partial charge is 0.396 e. The minimum Gasteiger partial charge on any atom is -0.396 e. The van der Waals surface area contributed by atoms with Crippen molar-refractivity contribution in [3.05, 3.63) is 0 Å². The lowest BCUT2D eigenvalue weighted by molar-refractivity contribution is 0.111. The van der Waals surface area contributed by atoms with Gasteiger partial charge in [-0.25, -0.2) is 0 Å². The molecule has 4 nitrogen and oxygen atoms in total. The van der Waals surface area contributed by atoms with E-state index in [4.69, 9.17) is 15.3 Å². The van der Waals surface area contributed by atoms with Crippen molar-refractivity contribution in [2.24, 2.45) is 17.8 Å². The third-order valence-corrected chi connectivity index (χ3v) is 2.64. The van der Waals surface area contributed by atoms with Crippen molar-refractivity contribution in [2.45, 2.75) is 20.8 Å². The standard InChI is InChI=1S/C12H27NO3/c1-10(7-14)4-13(5-11(2)8-15)6-12(3)9-16/h10-12,14-16H,4-9H2,1-3H3. The van der Waals surface area contributed by atoms with Gasteiger partial charge in [-0.3, -0.25) is 0 Å². The Morgan fingerprint density at radius 1 is 0.688 bits per heavy atom. The normalized spacial score (nSPS) is 17.4. The lowest BCUT2D eigenvalue weighted by Crippen LogP contribution is -2.38. The van der Waals surface area contributed by atoms with E-state index in [9.17, 15) is 0 Å². The quantitative estimate of drug-likeness (QED) is 0.531. The molecule has 0 aliphatic heterocycles. The zero-order valence-corrected chi connectivity index (χ0v) is 10.8. The van der Waals surface area contributed by atoms with Crippen molar-refractivity contribution in [2.75, 3.05) is 39.5 Å². The summed E-state index contributed by atoms with van der Waals surface area (Å²) in [6, 6.07) is 0. The summed E-state index contributed by atoms with van der Waals surface area (Å²) in [6.07, 6.45) is 0. The third-order valence-electron chi connectivity index (χ3n) is 2.64. The zero-order valence-electron chi connectivity index (χ0n) is 10.8. The SMILES string of the molecule is CC(CO)CN(CC(C)CO)CC(C)CO. The van der Waals surface area contributed by atoms with Gasteiger partial charge in [0.05, 0.1) is 0 Å². The second-order valence-electron chi connectivity index (χ2n) is 5.08. The maximum absolute atomic E-state index is 9.04. The van der Waals surface area contributed by atoms with Crippen LogP contribution in [0.5, 0.6) is 0 Å². The first-order valence-electron chi connectivity index (χ1n) is 6.08. The van der Waals surface area contributed by atoms with Crippen molar-refractivity contribution in [1.29, 1.82) is 0 Å². The molecule has 0 bridgehead atoms. The average molecular weight is 233 g/mol. The molecule has 4 heteroatoms. The summed E-state index contributed by atoms with van der Waals surface area (Å²) >= 11 is 0.